The van der Waals surface area contributed by atoms with E-state index in [1.807, 2.05) is 0 Å². The molecule has 0 N–H and O–H groups in total. The van der Waals surface area contributed by atoms with Gasteiger partial charge in [0.05, 0.1) is 0 Å². The Bertz CT molecular complexity index is 231. The molecule has 1 rings (SSSR count). The van der Waals surface area contributed by atoms with E-state index in [1.54, 1.807) is 19.8 Å². The first-order valence-electron chi connectivity index (χ1n) is 3.48. The van der Waals surface area contributed by atoms with Crippen molar-refractivity contribution in [2.24, 2.45) is 0 Å². The average Bonchev–Trinajstić information content (AvgIpc) is 2.30. The zero-order chi connectivity index (χ0) is 9.19. The number of rotatable bonds is 1. The number of carbonyl (C=O) groups excluding carboxylic acids is 1. The molecule has 13 heavy (non-hydrogen) atoms. The van der Waals surface area contributed by atoms with Crippen LogP contribution < -0.4 is 18.9 Å². The van der Waals surface area contributed by atoms with Gasteiger partial charge in [-0.2, -0.15) is 0 Å². The summed E-state index contributed by atoms with van der Waals surface area (Å²) in [6.45, 7) is 3.63. The minimum atomic E-state index is -0.846. The van der Waals surface area contributed by atoms with Crippen LogP contribution in [0.2, 0.25) is 0 Å². The van der Waals surface area contributed by atoms with Crippen molar-refractivity contribution in [3.63, 3.8) is 0 Å². The second-order valence-electron chi connectivity index (χ2n) is 2.79. The Morgan fingerprint density at radius 2 is 2.31 bits per heavy atom. The SMILES string of the molecule is [C-]#CC(=O)O[C@H]1COC(C)(C)O1.[Li+]. The molecule has 0 unspecified atom stereocenters. The van der Waals surface area contributed by atoms with Gasteiger partial charge in [-0.05, 0) is 13.8 Å². The van der Waals surface area contributed by atoms with Gasteiger partial charge in [-0.15, -0.1) is 0 Å². The van der Waals surface area contributed by atoms with Crippen molar-refractivity contribution in [1.29, 1.82) is 0 Å². The zero-order valence-corrected chi connectivity index (χ0v) is 7.92. The topological polar surface area (TPSA) is 44.8 Å². The molecule has 0 aromatic heterocycles. The van der Waals surface area contributed by atoms with Crippen LogP contribution in [0.5, 0.6) is 0 Å². The molecule has 0 aromatic carbocycles. The van der Waals surface area contributed by atoms with E-state index in [1.165, 1.54) is 0 Å². The van der Waals surface area contributed by atoms with Crippen LogP contribution in [0.4, 0.5) is 0 Å². The molecule has 5 heteroatoms. The molecule has 1 heterocycles. The maximum absolute atomic E-state index is 10.5. The van der Waals surface area contributed by atoms with E-state index >= 15 is 0 Å². The summed E-state index contributed by atoms with van der Waals surface area (Å²) in [5.74, 6) is 0.0112. The molecule has 66 valence electrons. The number of hydrogen-bond acceptors (Lipinski definition) is 4. The van der Waals surface area contributed by atoms with Crippen molar-refractivity contribution in [2.75, 3.05) is 6.61 Å². The minimum absolute atomic E-state index is 0. The fraction of sp³-hybridized carbons (Fsp3) is 0.625. The van der Waals surface area contributed by atoms with E-state index < -0.39 is 18.0 Å². The summed E-state index contributed by atoms with van der Waals surface area (Å²) in [4.78, 5) is 10.5. The molecule has 4 nitrogen and oxygen atoms in total. The van der Waals surface area contributed by atoms with Crippen LogP contribution in [0, 0.1) is 12.3 Å². The molecule has 0 radical (unpaired) electrons. The van der Waals surface area contributed by atoms with Gasteiger partial charge in [0.15, 0.2) is 5.79 Å². The van der Waals surface area contributed by atoms with Gasteiger partial charge in [0.2, 0.25) is 12.3 Å². The Hall–Kier alpha value is -0.453. The summed E-state index contributed by atoms with van der Waals surface area (Å²) >= 11 is 0. The first kappa shape index (κ1) is 12.5. The fourth-order valence-corrected chi connectivity index (χ4v) is 0.860. The van der Waals surface area contributed by atoms with Gasteiger partial charge in [-0.3, -0.25) is 0 Å². The molecule has 1 aliphatic rings. The number of ether oxygens (including phenoxy) is 3. The molecule has 1 saturated heterocycles. The maximum Gasteiger partial charge on any atom is 1.00 e. The summed E-state index contributed by atoms with van der Waals surface area (Å²) in [6.07, 6.45) is 5.73. The summed E-state index contributed by atoms with van der Waals surface area (Å²) in [6, 6.07) is 0. The normalized spacial score (nSPS) is 24.2. The van der Waals surface area contributed by atoms with E-state index in [9.17, 15) is 4.79 Å². The number of esters is 1. The molecule has 0 amide bonds. The van der Waals surface area contributed by atoms with Crippen molar-refractivity contribution in [2.45, 2.75) is 25.9 Å². The molecule has 0 spiro atoms. The summed E-state index contributed by atoms with van der Waals surface area (Å²) in [5.41, 5.74) is 0. The third-order valence-electron chi connectivity index (χ3n) is 1.32. The summed E-state index contributed by atoms with van der Waals surface area (Å²) < 4.78 is 14.9. The van der Waals surface area contributed by atoms with Crippen LogP contribution in [-0.4, -0.2) is 24.7 Å². The van der Waals surface area contributed by atoms with Gasteiger partial charge in [0.25, 0.3) is 0 Å². The van der Waals surface area contributed by atoms with Crippen LogP contribution in [0.3, 0.4) is 0 Å². The molecule has 0 aliphatic carbocycles. The average molecular weight is 176 g/mol. The molecule has 1 aliphatic heterocycles. The smallest absolute Gasteiger partial charge is 0.514 e. The molecule has 0 bridgehead atoms. The van der Waals surface area contributed by atoms with Crippen LogP contribution in [0.15, 0.2) is 0 Å². The van der Waals surface area contributed by atoms with E-state index in [0.29, 0.717) is 0 Å². The standard InChI is InChI=1S/C8H9O4.Li/c1-4-6(9)11-7-5-10-8(2,3)12-7;/h7H,5H2,2-3H3;/q-1;+1/t7-;/m1./s1. The second kappa shape index (κ2) is 4.69. The Balaban J connectivity index is 0.00000144. The van der Waals surface area contributed by atoms with Gasteiger partial charge in [-0.1, -0.05) is 0 Å². The van der Waals surface area contributed by atoms with Gasteiger partial charge >= 0.3 is 18.9 Å². The minimum Gasteiger partial charge on any atom is -0.514 e. The second-order valence-corrected chi connectivity index (χ2v) is 2.79. The maximum atomic E-state index is 10.5. The monoisotopic (exact) mass is 176 g/mol. The molecule has 0 aromatic rings. The van der Waals surface area contributed by atoms with Gasteiger partial charge in [0, 0.05) is 0 Å². The Morgan fingerprint density at radius 3 is 2.69 bits per heavy atom. The third kappa shape index (κ3) is 3.84. The van der Waals surface area contributed by atoms with Gasteiger partial charge in [-0.25, -0.2) is 5.92 Å². The zero-order valence-electron chi connectivity index (χ0n) is 7.92. The molecular weight excluding hydrogens is 167 g/mol. The first-order chi connectivity index (χ1) is 5.53. The van der Waals surface area contributed by atoms with Crippen LogP contribution in [-0.2, 0) is 19.0 Å². The first-order valence-corrected chi connectivity index (χ1v) is 3.48. The van der Waals surface area contributed by atoms with Gasteiger partial charge < -0.3 is 25.4 Å². The van der Waals surface area contributed by atoms with Crippen molar-refractivity contribution in [3.8, 4) is 5.92 Å². The summed E-state index contributed by atoms with van der Waals surface area (Å²) in [5, 5.41) is 0. The quantitative estimate of drug-likeness (QED) is 0.188. The predicted molar refractivity (Wildman–Crippen MR) is 38.1 cm³/mol. The fourth-order valence-electron chi connectivity index (χ4n) is 0.860. The van der Waals surface area contributed by atoms with E-state index in [-0.39, 0.29) is 25.5 Å². The predicted octanol–water partition coefficient (Wildman–Crippen LogP) is -2.77. The van der Waals surface area contributed by atoms with Crippen LogP contribution >= 0.6 is 0 Å². The largest absolute Gasteiger partial charge is 1.00 e. The molecule has 1 fully saturated rings. The Morgan fingerprint density at radius 1 is 1.69 bits per heavy atom. The summed E-state index contributed by atoms with van der Waals surface area (Å²) in [7, 11) is 0. The molecular formula is C8H9LiO4. The van der Waals surface area contributed by atoms with Crippen LogP contribution in [0.1, 0.15) is 13.8 Å². The van der Waals surface area contributed by atoms with Crippen molar-refractivity contribution in [3.05, 3.63) is 6.42 Å². The number of hydrogen-bond donors (Lipinski definition) is 0. The number of carbonyl (C=O) groups is 1. The molecule has 1 atom stereocenters. The van der Waals surface area contributed by atoms with E-state index in [4.69, 9.17) is 15.9 Å². The van der Waals surface area contributed by atoms with E-state index in [0.717, 1.165) is 0 Å². The van der Waals surface area contributed by atoms with E-state index in [2.05, 4.69) is 4.74 Å². The molecule has 0 saturated carbocycles. The van der Waals surface area contributed by atoms with Crippen molar-refractivity contribution < 1.29 is 37.9 Å². The van der Waals surface area contributed by atoms with Gasteiger partial charge in [0.1, 0.15) is 6.61 Å². The van der Waals surface area contributed by atoms with Crippen LogP contribution in [0.25, 0.3) is 0 Å². The Kier molecular flexibility index (Phi) is 4.53. The third-order valence-corrected chi connectivity index (χ3v) is 1.32. The Labute approximate surface area is 89.1 Å². The van der Waals surface area contributed by atoms with Crippen molar-refractivity contribution >= 4 is 5.97 Å². The van der Waals surface area contributed by atoms with Crippen molar-refractivity contribution in [1.82, 2.24) is 0 Å².